The zero-order valence-corrected chi connectivity index (χ0v) is 16.0. The second-order valence-corrected chi connectivity index (χ2v) is 6.65. The van der Waals surface area contributed by atoms with Gasteiger partial charge in [-0.2, -0.15) is 0 Å². The van der Waals surface area contributed by atoms with Gasteiger partial charge in [0.2, 0.25) is 6.79 Å². The fourth-order valence-electron chi connectivity index (χ4n) is 3.14. The predicted octanol–water partition coefficient (Wildman–Crippen LogP) is 0.0414. The molecule has 0 bridgehead atoms. The number of carbonyl (C=O) groups is 3. The van der Waals surface area contributed by atoms with Crippen LogP contribution >= 0.6 is 0 Å². The molecule has 2 aliphatic heterocycles. The standard InChI is InChI=1S/C20H20N4O6/c25-18(22-10-13-2-1-5-21-9-13)19(26)23-11-17-24(6-7-28-17)20(27)14-3-4-15-16(8-14)30-12-29-15/h1-5,8-9,17H,6-7,10-12H2,(H,22,25)(H,23,26)/t17-/m1/s1. The fourth-order valence-corrected chi connectivity index (χ4v) is 3.14. The van der Waals surface area contributed by atoms with Crippen LogP contribution in [0.4, 0.5) is 0 Å². The van der Waals surface area contributed by atoms with Crippen molar-refractivity contribution in [3.8, 4) is 11.5 Å². The summed E-state index contributed by atoms with van der Waals surface area (Å²) in [5.74, 6) is -0.733. The maximum absolute atomic E-state index is 12.8. The van der Waals surface area contributed by atoms with Crippen LogP contribution in [0.3, 0.4) is 0 Å². The first-order valence-corrected chi connectivity index (χ1v) is 9.39. The lowest BCUT2D eigenvalue weighted by Crippen LogP contribution is -2.47. The average Bonchev–Trinajstić information content (AvgIpc) is 3.44. The van der Waals surface area contributed by atoms with Crippen LogP contribution in [0.2, 0.25) is 0 Å². The molecule has 4 rings (SSSR count). The largest absolute Gasteiger partial charge is 0.454 e. The van der Waals surface area contributed by atoms with Gasteiger partial charge in [0, 0.05) is 31.0 Å². The van der Waals surface area contributed by atoms with E-state index in [0.717, 1.165) is 5.56 Å². The van der Waals surface area contributed by atoms with Crippen molar-refractivity contribution in [2.75, 3.05) is 26.5 Å². The number of nitrogens with zero attached hydrogens (tertiary/aromatic N) is 2. The molecule has 0 unspecified atom stereocenters. The number of hydrogen-bond donors (Lipinski definition) is 2. The van der Waals surface area contributed by atoms with Crippen LogP contribution in [-0.2, 0) is 20.9 Å². The van der Waals surface area contributed by atoms with Gasteiger partial charge in [0.15, 0.2) is 11.5 Å². The van der Waals surface area contributed by atoms with Crippen molar-refractivity contribution in [2.24, 2.45) is 0 Å². The molecule has 2 aliphatic rings. The summed E-state index contributed by atoms with van der Waals surface area (Å²) in [7, 11) is 0. The highest BCUT2D eigenvalue weighted by Gasteiger charge is 2.32. The van der Waals surface area contributed by atoms with Gasteiger partial charge in [-0.05, 0) is 29.8 Å². The van der Waals surface area contributed by atoms with Crippen molar-refractivity contribution in [3.05, 3.63) is 53.9 Å². The Morgan fingerprint density at radius 3 is 2.77 bits per heavy atom. The number of rotatable bonds is 5. The lowest BCUT2D eigenvalue weighted by Gasteiger charge is -2.23. The van der Waals surface area contributed by atoms with Gasteiger partial charge in [0.25, 0.3) is 5.91 Å². The number of ether oxygens (including phenoxy) is 3. The SMILES string of the molecule is O=C(NCc1cccnc1)C(=O)NC[C@H]1OCCN1C(=O)c1ccc2c(c1)OCO2. The first-order valence-electron chi connectivity index (χ1n) is 9.39. The van der Waals surface area contributed by atoms with Crippen LogP contribution in [-0.4, -0.2) is 60.3 Å². The minimum Gasteiger partial charge on any atom is -0.454 e. The zero-order valence-electron chi connectivity index (χ0n) is 16.0. The molecule has 10 heteroatoms. The molecule has 0 aliphatic carbocycles. The first-order chi connectivity index (χ1) is 14.6. The van der Waals surface area contributed by atoms with Gasteiger partial charge in [-0.1, -0.05) is 6.07 Å². The number of aromatic nitrogens is 1. The molecule has 30 heavy (non-hydrogen) atoms. The molecule has 1 aromatic heterocycles. The number of nitrogens with one attached hydrogen (secondary N) is 2. The highest BCUT2D eigenvalue weighted by molar-refractivity contribution is 6.35. The fraction of sp³-hybridized carbons (Fsp3) is 0.300. The molecular weight excluding hydrogens is 392 g/mol. The Bertz CT molecular complexity index is 952. The van der Waals surface area contributed by atoms with E-state index in [2.05, 4.69) is 15.6 Å². The van der Waals surface area contributed by atoms with Gasteiger partial charge < -0.3 is 29.7 Å². The van der Waals surface area contributed by atoms with Crippen molar-refractivity contribution in [3.63, 3.8) is 0 Å². The third kappa shape index (κ3) is 4.33. The smallest absolute Gasteiger partial charge is 0.309 e. The molecule has 3 heterocycles. The molecule has 1 aromatic carbocycles. The van der Waals surface area contributed by atoms with E-state index in [0.29, 0.717) is 30.2 Å². The summed E-state index contributed by atoms with van der Waals surface area (Å²) in [4.78, 5) is 42.3. The van der Waals surface area contributed by atoms with E-state index in [1.165, 1.54) is 4.90 Å². The lowest BCUT2D eigenvalue weighted by atomic mass is 10.1. The second-order valence-electron chi connectivity index (χ2n) is 6.65. The van der Waals surface area contributed by atoms with Crippen molar-refractivity contribution in [1.82, 2.24) is 20.5 Å². The van der Waals surface area contributed by atoms with E-state index in [-0.39, 0.29) is 25.8 Å². The van der Waals surface area contributed by atoms with E-state index >= 15 is 0 Å². The van der Waals surface area contributed by atoms with Crippen LogP contribution in [0.1, 0.15) is 15.9 Å². The van der Waals surface area contributed by atoms with Crippen LogP contribution in [0.5, 0.6) is 11.5 Å². The highest BCUT2D eigenvalue weighted by atomic mass is 16.7. The summed E-state index contributed by atoms with van der Waals surface area (Å²) in [5.41, 5.74) is 1.20. The number of pyridine rings is 1. The van der Waals surface area contributed by atoms with Gasteiger partial charge in [-0.15, -0.1) is 0 Å². The van der Waals surface area contributed by atoms with Gasteiger partial charge in [-0.3, -0.25) is 19.4 Å². The van der Waals surface area contributed by atoms with Gasteiger partial charge in [-0.25, -0.2) is 0 Å². The number of fused-ring (bicyclic) bond motifs is 1. The summed E-state index contributed by atoms with van der Waals surface area (Å²) in [6.45, 7) is 1.02. The summed E-state index contributed by atoms with van der Waals surface area (Å²) in [6, 6.07) is 8.47. The average molecular weight is 412 g/mol. The summed E-state index contributed by atoms with van der Waals surface area (Å²) in [6.07, 6.45) is 2.55. The highest BCUT2D eigenvalue weighted by Crippen LogP contribution is 2.33. The van der Waals surface area contributed by atoms with Crippen LogP contribution in [0.25, 0.3) is 0 Å². The van der Waals surface area contributed by atoms with Gasteiger partial charge in [0.05, 0.1) is 13.2 Å². The zero-order chi connectivity index (χ0) is 20.9. The molecule has 10 nitrogen and oxygen atoms in total. The molecule has 156 valence electrons. The minimum absolute atomic E-state index is 0.00453. The molecule has 1 fully saturated rings. The summed E-state index contributed by atoms with van der Waals surface area (Å²) in [5, 5.41) is 5.03. The van der Waals surface area contributed by atoms with Gasteiger partial charge in [0.1, 0.15) is 6.23 Å². The molecule has 2 aromatic rings. The van der Waals surface area contributed by atoms with E-state index in [1.807, 2.05) is 0 Å². The van der Waals surface area contributed by atoms with Crippen molar-refractivity contribution in [1.29, 1.82) is 0 Å². The predicted molar refractivity (Wildman–Crippen MR) is 102 cm³/mol. The number of benzene rings is 1. The molecule has 0 saturated carbocycles. The monoisotopic (exact) mass is 412 g/mol. The molecule has 1 atom stereocenters. The number of amides is 3. The number of hydrogen-bond acceptors (Lipinski definition) is 7. The third-order valence-electron chi connectivity index (χ3n) is 4.69. The van der Waals surface area contributed by atoms with Crippen molar-refractivity contribution < 1.29 is 28.6 Å². The van der Waals surface area contributed by atoms with Crippen LogP contribution < -0.4 is 20.1 Å². The first kappa shape index (κ1) is 19.6. The normalized spacial score (nSPS) is 16.9. The molecule has 3 amide bonds. The van der Waals surface area contributed by atoms with Crippen LogP contribution in [0, 0.1) is 0 Å². The third-order valence-corrected chi connectivity index (χ3v) is 4.69. The quantitative estimate of drug-likeness (QED) is 0.666. The molecule has 0 radical (unpaired) electrons. The Balaban J connectivity index is 1.30. The number of carbonyl (C=O) groups excluding carboxylic acids is 3. The van der Waals surface area contributed by atoms with Gasteiger partial charge >= 0.3 is 11.8 Å². The topological polar surface area (TPSA) is 119 Å². The molecule has 0 spiro atoms. The van der Waals surface area contributed by atoms with E-state index in [9.17, 15) is 14.4 Å². The van der Waals surface area contributed by atoms with Crippen molar-refractivity contribution >= 4 is 17.7 Å². The Labute approximate surface area is 172 Å². The lowest BCUT2D eigenvalue weighted by molar-refractivity contribution is -0.139. The second kappa shape index (κ2) is 8.78. The summed E-state index contributed by atoms with van der Waals surface area (Å²) >= 11 is 0. The van der Waals surface area contributed by atoms with Crippen molar-refractivity contribution in [2.45, 2.75) is 12.8 Å². The Kier molecular flexibility index (Phi) is 5.75. The molecule has 2 N–H and O–H groups in total. The van der Waals surface area contributed by atoms with E-state index in [4.69, 9.17) is 14.2 Å². The maximum Gasteiger partial charge on any atom is 0.309 e. The molecule has 1 saturated heterocycles. The maximum atomic E-state index is 12.8. The Hall–Kier alpha value is -3.66. The van der Waals surface area contributed by atoms with E-state index in [1.54, 1.807) is 42.7 Å². The minimum atomic E-state index is -0.801. The van der Waals surface area contributed by atoms with E-state index < -0.39 is 18.0 Å². The Morgan fingerprint density at radius 1 is 1.10 bits per heavy atom. The molecular formula is C20H20N4O6. The summed E-state index contributed by atoms with van der Waals surface area (Å²) < 4.78 is 16.1. The van der Waals surface area contributed by atoms with Crippen LogP contribution in [0.15, 0.2) is 42.7 Å². The Morgan fingerprint density at radius 2 is 1.93 bits per heavy atom.